The van der Waals surface area contributed by atoms with Gasteiger partial charge in [0.25, 0.3) is 0 Å². The number of rotatable bonds is 2. The van der Waals surface area contributed by atoms with Crippen molar-refractivity contribution in [3.8, 4) is 0 Å². The first-order valence-corrected chi connectivity index (χ1v) is 7.11. The zero-order valence-electron chi connectivity index (χ0n) is 9.67. The van der Waals surface area contributed by atoms with E-state index in [-0.39, 0.29) is 0 Å². The van der Waals surface area contributed by atoms with Crippen molar-refractivity contribution in [2.45, 2.75) is 56.8 Å². The van der Waals surface area contributed by atoms with E-state index in [4.69, 9.17) is 5.73 Å². The fourth-order valence-corrected chi connectivity index (χ4v) is 4.11. The Labute approximate surface area is 101 Å². The van der Waals surface area contributed by atoms with Crippen molar-refractivity contribution in [1.82, 2.24) is 9.88 Å². The van der Waals surface area contributed by atoms with E-state index in [0.29, 0.717) is 24.2 Å². The van der Waals surface area contributed by atoms with Gasteiger partial charge in [-0.25, -0.2) is 4.98 Å². The number of nitrogens with zero attached hydrogens (tertiary/aromatic N) is 2. The van der Waals surface area contributed by atoms with E-state index in [1.807, 2.05) is 5.51 Å². The van der Waals surface area contributed by atoms with Crippen molar-refractivity contribution in [3.05, 3.63) is 16.6 Å². The number of piperidine rings is 1. The summed E-state index contributed by atoms with van der Waals surface area (Å²) in [5.74, 6) is 0. The lowest BCUT2D eigenvalue weighted by Gasteiger charge is -2.41. The number of thiazole rings is 1. The number of hydrogen-bond acceptors (Lipinski definition) is 4. The zero-order chi connectivity index (χ0) is 11.1. The summed E-state index contributed by atoms with van der Waals surface area (Å²) >= 11 is 1.69. The van der Waals surface area contributed by atoms with Gasteiger partial charge in [0.2, 0.25) is 0 Å². The molecule has 2 bridgehead atoms. The molecule has 1 aromatic rings. The van der Waals surface area contributed by atoms with Gasteiger partial charge in [-0.15, -0.1) is 11.3 Å². The normalized spacial score (nSPS) is 36.5. The minimum absolute atomic E-state index is 0.427. The predicted octanol–water partition coefficient (Wildman–Crippen LogP) is 2.16. The molecule has 3 atom stereocenters. The molecule has 2 saturated heterocycles. The molecule has 1 aromatic heterocycles. The van der Waals surface area contributed by atoms with Crippen LogP contribution in [0.5, 0.6) is 0 Å². The zero-order valence-corrected chi connectivity index (χ0v) is 10.5. The Morgan fingerprint density at radius 3 is 2.69 bits per heavy atom. The first-order valence-electron chi connectivity index (χ1n) is 6.17. The number of nitrogens with two attached hydrogens (primary N) is 1. The Balaban J connectivity index is 1.81. The highest BCUT2D eigenvalue weighted by Crippen LogP contribution is 2.40. The summed E-state index contributed by atoms with van der Waals surface area (Å²) in [5, 5.41) is 2.18. The summed E-state index contributed by atoms with van der Waals surface area (Å²) in [6.45, 7) is 2.29. The van der Waals surface area contributed by atoms with E-state index < -0.39 is 0 Å². The lowest BCUT2D eigenvalue weighted by Crippen LogP contribution is -2.48. The molecular weight excluding hydrogens is 218 g/mol. The topological polar surface area (TPSA) is 42.2 Å². The smallest absolute Gasteiger partial charge is 0.0795 e. The van der Waals surface area contributed by atoms with Gasteiger partial charge in [-0.1, -0.05) is 0 Å². The summed E-state index contributed by atoms with van der Waals surface area (Å²) in [6.07, 6.45) is 5.00. The Morgan fingerprint density at radius 2 is 2.12 bits per heavy atom. The van der Waals surface area contributed by atoms with E-state index >= 15 is 0 Å². The molecule has 2 aliphatic heterocycles. The Morgan fingerprint density at radius 1 is 1.44 bits per heavy atom. The molecule has 3 nitrogen and oxygen atoms in total. The molecular formula is C12H19N3S. The van der Waals surface area contributed by atoms with Crippen molar-refractivity contribution in [1.29, 1.82) is 0 Å². The molecule has 3 unspecified atom stereocenters. The fraction of sp³-hybridized carbons (Fsp3) is 0.750. The van der Waals surface area contributed by atoms with Crippen LogP contribution in [-0.2, 0) is 0 Å². The van der Waals surface area contributed by atoms with Crippen molar-refractivity contribution in [2.75, 3.05) is 0 Å². The maximum atomic E-state index is 6.10. The lowest BCUT2D eigenvalue weighted by atomic mass is 9.96. The average Bonchev–Trinajstić information content (AvgIpc) is 2.85. The Kier molecular flexibility index (Phi) is 2.73. The first kappa shape index (κ1) is 10.7. The third-order valence-corrected chi connectivity index (χ3v) is 4.76. The molecule has 88 valence electrons. The highest BCUT2D eigenvalue weighted by Gasteiger charge is 2.42. The monoisotopic (exact) mass is 237 g/mol. The van der Waals surface area contributed by atoms with Gasteiger partial charge in [-0.2, -0.15) is 0 Å². The maximum absolute atomic E-state index is 6.10. The van der Waals surface area contributed by atoms with E-state index in [9.17, 15) is 0 Å². The van der Waals surface area contributed by atoms with Crippen LogP contribution in [0.3, 0.4) is 0 Å². The molecule has 4 heteroatoms. The number of hydrogen-bond donors (Lipinski definition) is 1. The van der Waals surface area contributed by atoms with Gasteiger partial charge < -0.3 is 5.73 Å². The largest absolute Gasteiger partial charge is 0.328 e. The quantitative estimate of drug-likeness (QED) is 0.857. The van der Waals surface area contributed by atoms with Crippen LogP contribution < -0.4 is 5.73 Å². The average molecular weight is 237 g/mol. The molecule has 3 heterocycles. The molecule has 2 N–H and O–H groups in total. The van der Waals surface area contributed by atoms with Gasteiger partial charge in [0, 0.05) is 23.5 Å². The van der Waals surface area contributed by atoms with Crippen molar-refractivity contribution < 1.29 is 0 Å². The van der Waals surface area contributed by atoms with Crippen LogP contribution in [0.1, 0.15) is 44.3 Å². The number of fused-ring (bicyclic) bond motifs is 2. The van der Waals surface area contributed by atoms with Crippen LogP contribution in [0, 0.1) is 0 Å². The van der Waals surface area contributed by atoms with Gasteiger partial charge >= 0.3 is 0 Å². The predicted molar refractivity (Wildman–Crippen MR) is 66.4 cm³/mol. The molecule has 0 radical (unpaired) electrons. The van der Waals surface area contributed by atoms with Crippen LogP contribution in [0.15, 0.2) is 10.9 Å². The summed E-state index contributed by atoms with van der Waals surface area (Å²) in [4.78, 5) is 7.12. The fourth-order valence-electron chi connectivity index (χ4n) is 3.47. The molecule has 0 saturated carbocycles. The molecule has 0 amide bonds. The molecule has 2 fully saturated rings. The van der Waals surface area contributed by atoms with E-state index in [1.165, 1.54) is 31.4 Å². The minimum Gasteiger partial charge on any atom is -0.328 e. The molecule has 16 heavy (non-hydrogen) atoms. The molecule has 0 aromatic carbocycles. The van der Waals surface area contributed by atoms with Crippen LogP contribution in [0.4, 0.5) is 0 Å². The third kappa shape index (κ3) is 1.69. The third-order valence-electron chi connectivity index (χ3n) is 4.15. The Bertz CT molecular complexity index is 337. The van der Waals surface area contributed by atoms with Crippen LogP contribution in [-0.4, -0.2) is 28.0 Å². The van der Waals surface area contributed by atoms with E-state index in [2.05, 4.69) is 22.2 Å². The van der Waals surface area contributed by atoms with Crippen LogP contribution in [0.25, 0.3) is 0 Å². The summed E-state index contributed by atoms with van der Waals surface area (Å²) < 4.78 is 0. The van der Waals surface area contributed by atoms with Gasteiger partial charge in [0.15, 0.2) is 0 Å². The molecule has 2 aliphatic rings. The van der Waals surface area contributed by atoms with Crippen molar-refractivity contribution in [3.63, 3.8) is 0 Å². The van der Waals surface area contributed by atoms with Crippen LogP contribution >= 0.6 is 11.3 Å². The van der Waals surface area contributed by atoms with E-state index in [0.717, 1.165) is 0 Å². The van der Waals surface area contributed by atoms with Crippen LogP contribution in [0.2, 0.25) is 0 Å². The molecule has 0 aliphatic carbocycles. The second kappa shape index (κ2) is 4.09. The summed E-state index contributed by atoms with van der Waals surface area (Å²) in [6, 6.07) is 2.29. The highest BCUT2D eigenvalue weighted by atomic mass is 32.1. The first-order chi connectivity index (χ1) is 7.75. The Hall–Kier alpha value is -0.450. The lowest BCUT2D eigenvalue weighted by molar-refractivity contribution is 0.0837. The SMILES string of the molecule is CC(c1cscn1)N1C2CCC1CC(N)C2. The van der Waals surface area contributed by atoms with Gasteiger partial charge in [0.1, 0.15) is 0 Å². The summed E-state index contributed by atoms with van der Waals surface area (Å²) in [7, 11) is 0. The molecule has 3 rings (SSSR count). The highest BCUT2D eigenvalue weighted by molar-refractivity contribution is 7.07. The minimum atomic E-state index is 0.427. The second-order valence-corrected chi connectivity index (χ2v) is 5.87. The van der Waals surface area contributed by atoms with E-state index in [1.54, 1.807) is 11.3 Å². The van der Waals surface area contributed by atoms with Gasteiger partial charge in [0.05, 0.1) is 17.2 Å². The van der Waals surface area contributed by atoms with Crippen molar-refractivity contribution in [2.24, 2.45) is 5.73 Å². The second-order valence-electron chi connectivity index (χ2n) is 5.15. The maximum Gasteiger partial charge on any atom is 0.0795 e. The van der Waals surface area contributed by atoms with Crippen molar-refractivity contribution >= 4 is 11.3 Å². The van der Waals surface area contributed by atoms with Gasteiger partial charge in [-0.3, -0.25) is 4.90 Å². The number of aromatic nitrogens is 1. The standard InChI is InChI=1S/C12H19N3S/c1-8(12-6-16-7-14-12)15-10-2-3-11(15)5-9(13)4-10/h6-11H,2-5,13H2,1H3. The van der Waals surface area contributed by atoms with Gasteiger partial charge in [-0.05, 0) is 32.6 Å². The summed E-state index contributed by atoms with van der Waals surface area (Å²) in [5.41, 5.74) is 9.26. The molecule has 0 spiro atoms.